The number of sulfonamides is 1. The molecule has 0 saturated heterocycles. The molecular formula is C23H30N2O4S. The number of aryl methyl sites for hydroxylation is 1. The van der Waals surface area contributed by atoms with Gasteiger partial charge in [0.2, 0.25) is 5.91 Å². The molecule has 0 aliphatic carbocycles. The highest BCUT2D eigenvalue weighted by Gasteiger charge is 2.37. The van der Waals surface area contributed by atoms with E-state index in [9.17, 15) is 13.2 Å². The molecule has 0 radical (unpaired) electrons. The van der Waals surface area contributed by atoms with Crippen molar-refractivity contribution in [1.29, 1.82) is 0 Å². The summed E-state index contributed by atoms with van der Waals surface area (Å²) < 4.78 is 34.0. The van der Waals surface area contributed by atoms with Crippen molar-refractivity contribution in [1.82, 2.24) is 0 Å². The Morgan fingerprint density at radius 1 is 1.13 bits per heavy atom. The van der Waals surface area contributed by atoms with E-state index in [2.05, 4.69) is 18.6 Å². The van der Waals surface area contributed by atoms with Crippen molar-refractivity contribution in [3.63, 3.8) is 0 Å². The van der Waals surface area contributed by atoms with Crippen LogP contribution in [0, 0.1) is 18.3 Å². The summed E-state index contributed by atoms with van der Waals surface area (Å²) in [7, 11) is -3.72. The van der Waals surface area contributed by atoms with Gasteiger partial charge >= 0.3 is 0 Å². The number of anilines is 2. The van der Waals surface area contributed by atoms with Crippen LogP contribution in [-0.2, 0) is 14.8 Å². The molecule has 1 aliphatic heterocycles. The van der Waals surface area contributed by atoms with Gasteiger partial charge in [-0.15, -0.1) is 0 Å². The largest absolute Gasteiger partial charge is 0.490 e. The van der Waals surface area contributed by atoms with Crippen molar-refractivity contribution >= 4 is 27.3 Å². The van der Waals surface area contributed by atoms with Crippen molar-refractivity contribution < 1.29 is 17.9 Å². The fourth-order valence-corrected chi connectivity index (χ4v) is 4.30. The maximum atomic E-state index is 13.1. The second-order valence-electron chi connectivity index (χ2n) is 8.91. The zero-order valence-electron chi connectivity index (χ0n) is 18.2. The summed E-state index contributed by atoms with van der Waals surface area (Å²) in [6.45, 7) is 10.7. The van der Waals surface area contributed by atoms with E-state index in [0.29, 0.717) is 29.6 Å². The van der Waals surface area contributed by atoms with Crippen LogP contribution in [-0.4, -0.2) is 27.5 Å². The van der Waals surface area contributed by atoms with Crippen molar-refractivity contribution in [3.05, 3.63) is 48.0 Å². The first-order valence-electron chi connectivity index (χ1n) is 10.2. The normalized spacial score (nSPS) is 16.1. The third-order valence-corrected chi connectivity index (χ3v) is 6.57. The highest BCUT2D eigenvalue weighted by Crippen LogP contribution is 2.38. The van der Waals surface area contributed by atoms with E-state index in [1.54, 1.807) is 47.4 Å². The highest BCUT2D eigenvalue weighted by molar-refractivity contribution is 7.92. The molecule has 1 aliphatic rings. The average molecular weight is 431 g/mol. The molecule has 0 spiro atoms. The van der Waals surface area contributed by atoms with Gasteiger partial charge in [0.05, 0.1) is 21.7 Å². The number of benzene rings is 2. The van der Waals surface area contributed by atoms with E-state index in [1.807, 2.05) is 20.8 Å². The minimum absolute atomic E-state index is 0.00915. The number of carbonyl (C=O) groups excluding carboxylic acids is 1. The van der Waals surface area contributed by atoms with Crippen LogP contribution in [0.15, 0.2) is 47.4 Å². The molecule has 0 bridgehead atoms. The lowest BCUT2D eigenvalue weighted by Gasteiger charge is -2.28. The number of hydrogen-bond donors (Lipinski definition) is 1. The standard InChI is InChI=1S/C23H30N2O4S/c1-16(2)12-13-25-20-11-8-18(14-21(20)29-15-23(4,5)22(25)26)24-30(27,28)19-9-6-17(3)7-10-19/h6-11,14,16,24H,12-13,15H2,1-5H3. The molecule has 0 aromatic heterocycles. The van der Waals surface area contributed by atoms with Gasteiger partial charge in [-0.05, 0) is 57.4 Å². The third kappa shape index (κ3) is 4.78. The minimum atomic E-state index is -3.72. The zero-order valence-corrected chi connectivity index (χ0v) is 19.0. The van der Waals surface area contributed by atoms with Gasteiger partial charge in [0.25, 0.3) is 10.0 Å². The topological polar surface area (TPSA) is 75.7 Å². The van der Waals surface area contributed by atoms with Gasteiger partial charge in [-0.25, -0.2) is 8.42 Å². The summed E-state index contributed by atoms with van der Waals surface area (Å²) in [5.41, 5.74) is 1.38. The van der Waals surface area contributed by atoms with Gasteiger partial charge in [0, 0.05) is 12.6 Å². The van der Waals surface area contributed by atoms with Gasteiger partial charge in [0.1, 0.15) is 12.4 Å². The van der Waals surface area contributed by atoms with E-state index >= 15 is 0 Å². The number of amides is 1. The quantitative estimate of drug-likeness (QED) is 0.727. The number of nitrogens with zero attached hydrogens (tertiary/aromatic N) is 1. The Hall–Kier alpha value is -2.54. The van der Waals surface area contributed by atoms with Crippen LogP contribution >= 0.6 is 0 Å². The highest BCUT2D eigenvalue weighted by atomic mass is 32.2. The van der Waals surface area contributed by atoms with E-state index in [0.717, 1.165) is 12.0 Å². The Morgan fingerprint density at radius 3 is 2.43 bits per heavy atom. The lowest BCUT2D eigenvalue weighted by Crippen LogP contribution is -2.42. The van der Waals surface area contributed by atoms with Crippen molar-refractivity contribution in [2.45, 2.75) is 45.9 Å². The lowest BCUT2D eigenvalue weighted by atomic mass is 9.92. The molecule has 0 unspecified atom stereocenters. The first kappa shape index (κ1) is 22.2. The Bertz CT molecular complexity index is 1030. The summed E-state index contributed by atoms with van der Waals surface area (Å²) >= 11 is 0. The number of ether oxygens (including phenoxy) is 1. The number of hydrogen-bond acceptors (Lipinski definition) is 4. The Kier molecular flexibility index (Phi) is 6.13. The maximum absolute atomic E-state index is 13.1. The molecule has 6 nitrogen and oxygen atoms in total. The predicted molar refractivity (Wildman–Crippen MR) is 120 cm³/mol. The molecule has 0 atom stereocenters. The zero-order chi connectivity index (χ0) is 22.1. The number of fused-ring (bicyclic) bond motifs is 1. The predicted octanol–water partition coefficient (Wildman–Crippen LogP) is 4.59. The molecule has 30 heavy (non-hydrogen) atoms. The van der Waals surface area contributed by atoms with Crippen LogP contribution < -0.4 is 14.4 Å². The van der Waals surface area contributed by atoms with Crippen LogP contribution in [0.2, 0.25) is 0 Å². The fraction of sp³-hybridized carbons (Fsp3) is 0.435. The molecular weight excluding hydrogens is 400 g/mol. The summed E-state index contributed by atoms with van der Waals surface area (Å²) in [6.07, 6.45) is 0.864. The van der Waals surface area contributed by atoms with Gasteiger partial charge in [-0.3, -0.25) is 9.52 Å². The van der Waals surface area contributed by atoms with E-state index in [1.165, 1.54) is 0 Å². The van der Waals surface area contributed by atoms with Crippen LogP contribution in [0.25, 0.3) is 0 Å². The molecule has 3 rings (SSSR count). The summed E-state index contributed by atoms with van der Waals surface area (Å²) in [5.74, 6) is 0.964. The van der Waals surface area contributed by atoms with E-state index in [-0.39, 0.29) is 17.4 Å². The maximum Gasteiger partial charge on any atom is 0.261 e. The van der Waals surface area contributed by atoms with Crippen LogP contribution in [0.1, 0.15) is 39.7 Å². The van der Waals surface area contributed by atoms with Crippen molar-refractivity contribution in [2.75, 3.05) is 22.8 Å². The molecule has 1 heterocycles. The first-order chi connectivity index (χ1) is 14.0. The molecule has 1 amide bonds. The van der Waals surface area contributed by atoms with Gasteiger partial charge in [-0.1, -0.05) is 31.5 Å². The van der Waals surface area contributed by atoms with Gasteiger partial charge in [0.15, 0.2) is 0 Å². The SMILES string of the molecule is Cc1ccc(S(=O)(=O)Nc2ccc3c(c2)OCC(C)(C)C(=O)N3CCC(C)C)cc1. The molecule has 7 heteroatoms. The molecule has 2 aromatic carbocycles. The third-order valence-electron chi connectivity index (χ3n) is 5.18. The molecule has 2 aromatic rings. The Morgan fingerprint density at radius 2 is 1.80 bits per heavy atom. The van der Waals surface area contributed by atoms with Gasteiger partial charge < -0.3 is 9.64 Å². The second-order valence-corrected chi connectivity index (χ2v) is 10.6. The Balaban J connectivity index is 1.92. The van der Waals surface area contributed by atoms with Crippen LogP contribution in [0.3, 0.4) is 0 Å². The smallest absolute Gasteiger partial charge is 0.261 e. The first-order valence-corrected chi connectivity index (χ1v) is 11.7. The molecule has 0 saturated carbocycles. The van der Waals surface area contributed by atoms with Crippen molar-refractivity contribution in [3.8, 4) is 5.75 Å². The number of carbonyl (C=O) groups is 1. The van der Waals surface area contributed by atoms with E-state index < -0.39 is 15.4 Å². The van der Waals surface area contributed by atoms with Crippen LogP contribution in [0.4, 0.5) is 11.4 Å². The number of rotatable bonds is 6. The summed E-state index contributed by atoms with van der Waals surface area (Å²) in [6, 6.07) is 11.7. The minimum Gasteiger partial charge on any atom is -0.490 e. The second kappa shape index (κ2) is 8.30. The fourth-order valence-electron chi connectivity index (χ4n) is 3.25. The molecule has 162 valence electrons. The molecule has 1 N–H and O–H groups in total. The van der Waals surface area contributed by atoms with Gasteiger partial charge in [-0.2, -0.15) is 0 Å². The lowest BCUT2D eigenvalue weighted by molar-refractivity contribution is -0.127. The van der Waals surface area contributed by atoms with Crippen LogP contribution in [0.5, 0.6) is 5.75 Å². The molecule has 0 fully saturated rings. The van der Waals surface area contributed by atoms with Crippen molar-refractivity contribution in [2.24, 2.45) is 11.3 Å². The average Bonchev–Trinajstić information content (AvgIpc) is 2.75. The summed E-state index contributed by atoms with van der Waals surface area (Å²) in [5, 5.41) is 0. The summed E-state index contributed by atoms with van der Waals surface area (Å²) in [4.78, 5) is 15.1. The monoisotopic (exact) mass is 430 g/mol. The van der Waals surface area contributed by atoms with E-state index in [4.69, 9.17) is 4.74 Å². The number of nitrogens with one attached hydrogen (secondary N) is 1. The Labute approximate surface area is 179 Å².